The molecule has 3 aliphatic heterocycles. The van der Waals surface area contributed by atoms with Crippen molar-refractivity contribution in [2.75, 3.05) is 33.2 Å². The molecule has 0 saturated carbocycles. The zero-order chi connectivity index (χ0) is 35.7. The van der Waals surface area contributed by atoms with Crippen molar-refractivity contribution < 1.29 is 48.0 Å². The SMILES string of the molecule is COc1cc2cc(c1Cl)N(C)C(=O)CC(OC(=O)[C@@H](C)N(C)C(C)=O)C1(C)OC1C(C)C1CC(O)(NC(=O)O1)C(OC)/C=C/C=C(\C)C2. The van der Waals surface area contributed by atoms with Gasteiger partial charge in [0.1, 0.15) is 40.7 Å². The number of halogens is 1. The van der Waals surface area contributed by atoms with Crippen LogP contribution in [0.4, 0.5) is 10.5 Å². The Bertz CT molecular complexity index is 1500. The molecule has 1 aromatic carbocycles. The summed E-state index contributed by atoms with van der Waals surface area (Å²) in [5.74, 6) is -1.63. The molecule has 14 heteroatoms. The summed E-state index contributed by atoms with van der Waals surface area (Å²) in [4.78, 5) is 54.7. The topological polar surface area (TPSA) is 156 Å². The maximum absolute atomic E-state index is 14.0. The molecule has 0 radical (unpaired) electrons. The molecule has 3 heterocycles. The molecule has 8 atom stereocenters. The number of carbonyl (C=O) groups excluding carboxylic acids is 4. The van der Waals surface area contributed by atoms with Gasteiger partial charge in [-0.15, -0.1) is 0 Å². The van der Waals surface area contributed by atoms with Gasteiger partial charge in [-0.05, 0) is 44.9 Å². The lowest BCUT2D eigenvalue weighted by atomic mass is 9.83. The van der Waals surface area contributed by atoms with Crippen LogP contribution in [0.3, 0.4) is 0 Å². The Morgan fingerprint density at radius 2 is 1.94 bits per heavy atom. The highest BCUT2D eigenvalue weighted by molar-refractivity contribution is 6.35. The van der Waals surface area contributed by atoms with Crippen molar-refractivity contribution in [2.45, 2.75) is 95.7 Å². The number of benzene rings is 1. The molecule has 2 saturated heterocycles. The van der Waals surface area contributed by atoms with E-state index in [1.54, 1.807) is 45.2 Å². The Hall–Kier alpha value is -3.65. The van der Waals surface area contributed by atoms with E-state index in [-0.39, 0.29) is 23.8 Å². The molecule has 4 rings (SSSR count). The highest BCUT2D eigenvalue weighted by Gasteiger charge is 2.64. The molecule has 4 bridgehead atoms. The summed E-state index contributed by atoms with van der Waals surface area (Å²) < 4.78 is 28.9. The smallest absolute Gasteiger partial charge is 0.409 e. The number of carbonyl (C=O) groups is 4. The molecule has 2 N–H and O–H groups in total. The normalized spacial score (nSPS) is 33.2. The minimum atomic E-state index is -1.81. The fourth-order valence-corrected chi connectivity index (χ4v) is 6.59. The van der Waals surface area contributed by atoms with Crippen LogP contribution in [0.5, 0.6) is 5.75 Å². The van der Waals surface area contributed by atoms with Crippen LogP contribution in [0.25, 0.3) is 0 Å². The number of hydrogen-bond acceptors (Lipinski definition) is 10. The number of anilines is 1. The molecule has 0 aliphatic carbocycles. The number of rotatable bonds is 5. The summed E-state index contributed by atoms with van der Waals surface area (Å²) in [6.07, 6.45) is 1.02. The maximum Gasteiger partial charge on any atom is 0.409 e. The summed E-state index contributed by atoms with van der Waals surface area (Å²) >= 11 is 6.71. The largest absolute Gasteiger partial charge is 0.495 e. The van der Waals surface area contributed by atoms with Crippen LogP contribution < -0.4 is 15.0 Å². The van der Waals surface area contributed by atoms with Crippen LogP contribution >= 0.6 is 11.6 Å². The van der Waals surface area contributed by atoms with E-state index in [1.165, 1.54) is 44.9 Å². The number of fused-ring (bicyclic) bond motifs is 5. The van der Waals surface area contributed by atoms with Crippen molar-refractivity contribution in [3.8, 4) is 5.75 Å². The summed E-state index contributed by atoms with van der Waals surface area (Å²) in [5.41, 5.74) is -0.871. The second-order valence-electron chi connectivity index (χ2n) is 13.0. The lowest BCUT2D eigenvalue weighted by Crippen LogP contribution is -2.63. The number of ether oxygens (including phenoxy) is 5. The second-order valence-corrected chi connectivity index (χ2v) is 13.4. The van der Waals surface area contributed by atoms with Crippen molar-refractivity contribution in [1.82, 2.24) is 10.2 Å². The van der Waals surface area contributed by atoms with E-state index in [2.05, 4.69) is 5.32 Å². The minimum Gasteiger partial charge on any atom is -0.495 e. The third kappa shape index (κ3) is 7.64. The van der Waals surface area contributed by atoms with E-state index in [9.17, 15) is 24.3 Å². The maximum atomic E-state index is 14.0. The van der Waals surface area contributed by atoms with Crippen LogP contribution in [-0.2, 0) is 39.8 Å². The van der Waals surface area contributed by atoms with Crippen molar-refractivity contribution in [3.63, 3.8) is 0 Å². The number of methoxy groups -OCH3 is 2. The zero-order valence-corrected chi connectivity index (χ0v) is 29.6. The van der Waals surface area contributed by atoms with Gasteiger partial charge >= 0.3 is 12.1 Å². The van der Waals surface area contributed by atoms with E-state index >= 15 is 0 Å². The summed E-state index contributed by atoms with van der Waals surface area (Å²) in [5, 5.41) is 14.4. The average molecular weight is 692 g/mol. The van der Waals surface area contributed by atoms with Crippen molar-refractivity contribution in [3.05, 3.63) is 46.5 Å². The summed E-state index contributed by atoms with van der Waals surface area (Å²) in [6.45, 7) is 8.29. The molecule has 48 heavy (non-hydrogen) atoms. The van der Waals surface area contributed by atoms with Crippen LogP contribution in [0.2, 0.25) is 5.02 Å². The van der Waals surface area contributed by atoms with E-state index < -0.39 is 65.7 Å². The van der Waals surface area contributed by atoms with Crippen LogP contribution in [0, 0.1) is 5.92 Å². The first-order valence-electron chi connectivity index (χ1n) is 15.8. The van der Waals surface area contributed by atoms with E-state index in [0.29, 0.717) is 17.9 Å². The van der Waals surface area contributed by atoms with Crippen molar-refractivity contribution in [2.24, 2.45) is 5.92 Å². The number of allylic oxidation sites excluding steroid dienone is 3. The molecule has 3 aliphatic rings. The first kappa shape index (κ1) is 37.2. The zero-order valence-electron chi connectivity index (χ0n) is 28.9. The molecule has 3 amide bonds. The average Bonchev–Trinajstić information content (AvgIpc) is 3.73. The lowest BCUT2D eigenvalue weighted by Gasteiger charge is -2.42. The number of amides is 3. The third-order valence-corrected chi connectivity index (χ3v) is 10.0. The lowest BCUT2D eigenvalue weighted by molar-refractivity contribution is -0.161. The monoisotopic (exact) mass is 691 g/mol. The number of esters is 1. The molecule has 0 aromatic heterocycles. The number of nitrogens with zero attached hydrogens (tertiary/aromatic N) is 2. The third-order valence-electron chi connectivity index (χ3n) is 9.63. The fraction of sp³-hybridized carbons (Fsp3) is 0.588. The number of epoxide rings is 1. The number of nitrogens with one attached hydrogen (secondary N) is 1. The number of hydrogen-bond donors (Lipinski definition) is 2. The summed E-state index contributed by atoms with van der Waals surface area (Å²) in [6, 6.07) is 2.63. The molecule has 13 nitrogen and oxygen atoms in total. The Balaban J connectivity index is 1.80. The fourth-order valence-electron chi connectivity index (χ4n) is 6.27. The molecule has 7 unspecified atom stereocenters. The first-order valence-corrected chi connectivity index (χ1v) is 16.2. The summed E-state index contributed by atoms with van der Waals surface area (Å²) in [7, 11) is 5.97. The van der Waals surface area contributed by atoms with Gasteiger partial charge in [0.05, 0.1) is 25.3 Å². The van der Waals surface area contributed by atoms with Gasteiger partial charge in [-0.25, -0.2) is 9.59 Å². The van der Waals surface area contributed by atoms with Gasteiger partial charge < -0.3 is 38.6 Å². The van der Waals surface area contributed by atoms with E-state index in [0.717, 1.165) is 11.1 Å². The van der Waals surface area contributed by atoms with Gasteiger partial charge in [0.25, 0.3) is 0 Å². The molecule has 264 valence electrons. The van der Waals surface area contributed by atoms with Gasteiger partial charge in [-0.2, -0.15) is 0 Å². The minimum absolute atomic E-state index is 0.0436. The van der Waals surface area contributed by atoms with Gasteiger partial charge in [0, 0.05) is 40.5 Å². The van der Waals surface area contributed by atoms with Crippen LogP contribution in [0.15, 0.2) is 35.9 Å². The predicted molar refractivity (Wildman–Crippen MR) is 177 cm³/mol. The standard InChI is InChI=1S/C34H46ClN3O10/c1-18-11-10-12-26(45-9)34(43)17-25(46-32(42)36-34)19(2)30-33(5,48-30)27(47-31(41)20(3)37(6)21(4)39)16-28(40)38(7)23-14-22(13-18)15-24(44-8)29(23)35/h10-12,14-15,19-20,25-27,30,43H,13,16-17H2,1-9H3,(H,36,42)/b12-10+,18-11+/t19?,20-,25?,26?,27?,30?,33?,34?/m1/s1. The molecule has 0 spiro atoms. The molecular formula is C34H46ClN3O10. The van der Waals surface area contributed by atoms with Gasteiger partial charge in [0.2, 0.25) is 11.8 Å². The Morgan fingerprint density at radius 1 is 1.25 bits per heavy atom. The quantitative estimate of drug-likeness (QED) is 0.346. The molecule has 2 fully saturated rings. The first-order chi connectivity index (χ1) is 22.4. The predicted octanol–water partition coefficient (Wildman–Crippen LogP) is 3.53. The Morgan fingerprint density at radius 3 is 2.56 bits per heavy atom. The highest BCUT2D eigenvalue weighted by Crippen LogP contribution is 2.49. The van der Waals surface area contributed by atoms with Crippen LogP contribution in [0.1, 0.15) is 53.0 Å². The molecule has 1 aromatic rings. The highest BCUT2D eigenvalue weighted by atomic mass is 35.5. The Kier molecular flexibility index (Phi) is 11.2. The molecular weight excluding hydrogens is 646 g/mol. The Labute approximate surface area is 286 Å². The van der Waals surface area contributed by atoms with Gasteiger partial charge in [0.15, 0.2) is 5.72 Å². The van der Waals surface area contributed by atoms with E-state index in [1.807, 2.05) is 13.0 Å². The van der Waals surface area contributed by atoms with Crippen molar-refractivity contribution >= 4 is 41.2 Å². The van der Waals surface area contributed by atoms with E-state index in [4.69, 9.17) is 35.3 Å². The number of alkyl carbamates (subject to hydrolysis) is 1. The van der Waals surface area contributed by atoms with Crippen LogP contribution in [-0.4, -0.2) is 104 Å². The number of aliphatic hydroxyl groups is 1. The number of likely N-dealkylation sites (N-methyl/N-ethyl adjacent to an activating group) is 1. The van der Waals surface area contributed by atoms with Gasteiger partial charge in [-0.1, -0.05) is 42.3 Å². The second kappa shape index (κ2) is 14.5. The van der Waals surface area contributed by atoms with Gasteiger partial charge in [-0.3, -0.25) is 14.9 Å². The van der Waals surface area contributed by atoms with Crippen molar-refractivity contribution in [1.29, 1.82) is 0 Å².